The molecule has 0 spiro atoms. The van der Waals surface area contributed by atoms with Gasteiger partial charge in [0.2, 0.25) is 0 Å². The quantitative estimate of drug-likeness (QED) is 0.373. The molecule has 33 heavy (non-hydrogen) atoms. The molecule has 1 aliphatic carbocycles. The number of nitrogens with zero attached hydrogens (tertiary/aromatic N) is 3. The average molecular weight is 515 g/mol. The smallest absolute Gasteiger partial charge is 0.320 e. The molecule has 1 aromatic heterocycles. The summed E-state index contributed by atoms with van der Waals surface area (Å²) in [6.45, 7) is 3.53. The number of fused-ring (bicyclic) bond motifs is 1. The first-order chi connectivity index (χ1) is 16.1. The van der Waals surface area contributed by atoms with Crippen molar-refractivity contribution in [3.8, 4) is 11.5 Å². The Bertz CT molecular complexity index is 1120. The zero-order valence-electron chi connectivity index (χ0n) is 18.7. The highest BCUT2D eigenvalue weighted by Crippen LogP contribution is 2.35. The van der Waals surface area contributed by atoms with Crippen molar-refractivity contribution in [3.05, 3.63) is 47.2 Å². The first-order valence-electron chi connectivity index (χ1n) is 10.9. The Kier molecular flexibility index (Phi) is 7.61. The van der Waals surface area contributed by atoms with Crippen LogP contribution in [0.5, 0.6) is 11.5 Å². The number of anilines is 2. The van der Waals surface area contributed by atoms with Gasteiger partial charge in [0.15, 0.2) is 11.5 Å². The van der Waals surface area contributed by atoms with E-state index < -0.39 is 0 Å². The van der Waals surface area contributed by atoms with Gasteiger partial charge in [0.1, 0.15) is 18.8 Å². The molecular weight excluding hydrogens is 488 g/mol. The van der Waals surface area contributed by atoms with E-state index in [1.165, 1.54) is 6.33 Å². The topological polar surface area (TPSA) is 85.8 Å². The van der Waals surface area contributed by atoms with Gasteiger partial charge in [0.25, 0.3) is 0 Å². The fourth-order valence-corrected chi connectivity index (χ4v) is 4.01. The van der Waals surface area contributed by atoms with Crippen LogP contribution in [0.2, 0.25) is 0 Å². The lowest BCUT2D eigenvalue weighted by atomic mass is 10.2. The number of aromatic nitrogens is 2. The minimum absolute atomic E-state index is 0.201. The first-order valence-corrected chi connectivity index (χ1v) is 11.7. The molecule has 1 heterocycles. The summed E-state index contributed by atoms with van der Waals surface area (Å²) in [5.41, 5.74) is 1.65. The lowest BCUT2D eigenvalue weighted by molar-refractivity contribution is -0.144. The van der Waals surface area contributed by atoms with E-state index in [0.717, 1.165) is 33.9 Å². The van der Waals surface area contributed by atoms with Crippen LogP contribution in [-0.2, 0) is 9.53 Å². The molecule has 4 rings (SSSR count). The predicted molar refractivity (Wildman–Crippen MR) is 130 cm³/mol. The number of carbonyl (C=O) groups excluding carboxylic acids is 1. The third-order valence-electron chi connectivity index (χ3n) is 5.34. The fraction of sp³-hybridized carbons (Fsp3) is 0.375. The molecule has 2 aromatic carbocycles. The van der Waals surface area contributed by atoms with E-state index in [-0.39, 0.29) is 12.5 Å². The third kappa shape index (κ3) is 6.11. The SMILES string of the molecule is CCOC(=O)CN(CCOc1cc2c(Nc3cccc(Br)c3)ncnc2cc1OC)C1CC1. The van der Waals surface area contributed by atoms with Gasteiger partial charge in [0, 0.05) is 34.2 Å². The Morgan fingerprint density at radius 3 is 2.79 bits per heavy atom. The molecule has 0 amide bonds. The summed E-state index contributed by atoms with van der Waals surface area (Å²) in [6, 6.07) is 12.0. The second-order valence-corrected chi connectivity index (χ2v) is 8.65. The maximum absolute atomic E-state index is 11.9. The van der Waals surface area contributed by atoms with Crippen molar-refractivity contribution in [1.82, 2.24) is 14.9 Å². The first kappa shape index (κ1) is 23.3. The van der Waals surface area contributed by atoms with Gasteiger partial charge in [-0.15, -0.1) is 0 Å². The van der Waals surface area contributed by atoms with Gasteiger partial charge in [-0.2, -0.15) is 0 Å². The monoisotopic (exact) mass is 514 g/mol. The number of hydrogen-bond donors (Lipinski definition) is 1. The number of rotatable bonds is 11. The van der Waals surface area contributed by atoms with Crippen LogP contribution >= 0.6 is 15.9 Å². The maximum atomic E-state index is 11.9. The Hall–Kier alpha value is -2.91. The normalized spacial score (nSPS) is 13.2. The Morgan fingerprint density at radius 1 is 1.21 bits per heavy atom. The summed E-state index contributed by atoms with van der Waals surface area (Å²) in [5.74, 6) is 1.67. The standard InChI is InChI=1S/C24H27BrN4O4/c1-3-32-23(30)14-29(18-7-8-18)9-10-33-22-12-19-20(13-21(22)31-2)26-15-27-24(19)28-17-6-4-5-16(25)11-17/h4-6,11-13,15,18H,3,7-10,14H2,1-2H3,(H,26,27,28). The van der Waals surface area contributed by atoms with Crippen molar-refractivity contribution >= 4 is 44.3 Å². The number of nitrogens with one attached hydrogen (secondary N) is 1. The minimum atomic E-state index is -0.201. The highest BCUT2D eigenvalue weighted by molar-refractivity contribution is 9.10. The zero-order valence-corrected chi connectivity index (χ0v) is 20.3. The largest absolute Gasteiger partial charge is 0.493 e. The van der Waals surface area contributed by atoms with Crippen molar-refractivity contribution in [1.29, 1.82) is 0 Å². The summed E-state index contributed by atoms with van der Waals surface area (Å²) in [7, 11) is 1.60. The predicted octanol–water partition coefficient (Wildman–Crippen LogP) is 4.55. The van der Waals surface area contributed by atoms with E-state index >= 15 is 0 Å². The van der Waals surface area contributed by atoms with E-state index in [2.05, 4.69) is 36.1 Å². The average Bonchev–Trinajstić information content (AvgIpc) is 3.64. The van der Waals surface area contributed by atoms with Crippen LogP contribution in [-0.4, -0.2) is 60.3 Å². The summed E-state index contributed by atoms with van der Waals surface area (Å²) >= 11 is 3.49. The van der Waals surface area contributed by atoms with E-state index in [0.29, 0.717) is 43.1 Å². The van der Waals surface area contributed by atoms with Gasteiger partial charge >= 0.3 is 5.97 Å². The molecule has 1 fully saturated rings. The number of carbonyl (C=O) groups is 1. The number of ether oxygens (including phenoxy) is 3. The van der Waals surface area contributed by atoms with Crippen LogP contribution in [0.25, 0.3) is 10.9 Å². The Morgan fingerprint density at radius 2 is 2.06 bits per heavy atom. The number of methoxy groups -OCH3 is 1. The van der Waals surface area contributed by atoms with Gasteiger partial charge in [-0.1, -0.05) is 22.0 Å². The lowest BCUT2D eigenvalue weighted by Crippen LogP contribution is -2.36. The van der Waals surface area contributed by atoms with Crippen molar-refractivity contribution in [2.24, 2.45) is 0 Å². The second kappa shape index (κ2) is 10.8. The molecule has 9 heteroatoms. The maximum Gasteiger partial charge on any atom is 0.320 e. The number of halogens is 1. The zero-order chi connectivity index (χ0) is 23.2. The molecule has 0 aliphatic heterocycles. The summed E-state index contributed by atoms with van der Waals surface area (Å²) in [6.07, 6.45) is 3.72. The minimum Gasteiger partial charge on any atom is -0.493 e. The van der Waals surface area contributed by atoms with Crippen LogP contribution in [0.3, 0.4) is 0 Å². The van der Waals surface area contributed by atoms with Gasteiger partial charge < -0.3 is 19.5 Å². The highest BCUT2D eigenvalue weighted by Gasteiger charge is 2.30. The molecule has 8 nitrogen and oxygen atoms in total. The van der Waals surface area contributed by atoms with Crippen molar-refractivity contribution < 1.29 is 19.0 Å². The molecule has 0 radical (unpaired) electrons. The molecule has 174 valence electrons. The van der Waals surface area contributed by atoms with Gasteiger partial charge in [-0.3, -0.25) is 9.69 Å². The Labute approximate surface area is 201 Å². The van der Waals surface area contributed by atoms with E-state index in [1.54, 1.807) is 7.11 Å². The summed E-state index contributed by atoms with van der Waals surface area (Å²) < 4.78 is 17.7. The lowest BCUT2D eigenvalue weighted by Gasteiger charge is -2.21. The molecule has 0 atom stereocenters. The highest BCUT2D eigenvalue weighted by atomic mass is 79.9. The second-order valence-electron chi connectivity index (χ2n) is 7.73. The Balaban J connectivity index is 1.51. The van der Waals surface area contributed by atoms with Gasteiger partial charge in [0.05, 0.1) is 25.8 Å². The van der Waals surface area contributed by atoms with Crippen molar-refractivity contribution in [2.45, 2.75) is 25.8 Å². The molecule has 0 bridgehead atoms. The summed E-state index contributed by atoms with van der Waals surface area (Å²) in [5, 5.41) is 4.16. The third-order valence-corrected chi connectivity index (χ3v) is 5.84. The van der Waals surface area contributed by atoms with E-state index in [1.807, 2.05) is 43.3 Å². The van der Waals surface area contributed by atoms with Crippen molar-refractivity contribution in [3.63, 3.8) is 0 Å². The number of esters is 1. The van der Waals surface area contributed by atoms with Crippen LogP contribution in [0.1, 0.15) is 19.8 Å². The molecule has 1 aliphatic rings. The molecule has 1 saturated carbocycles. The van der Waals surface area contributed by atoms with Crippen LogP contribution in [0.15, 0.2) is 47.2 Å². The molecule has 0 unspecified atom stereocenters. The van der Waals surface area contributed by atoms with E-state index in [9.17, 15) is 4.79 Å². The van der Waals surface area contributed by atoms with Crippen LogP contribution < -0.4 is 14.8 Å². The fourth-order valence-electron chi connectivity index (χ4n) is 3.61. The van der Waals surface area contributed by atoms with Gasteiger partial charge in [-0.05, 0) is 44.0 Å². The van der Waals surface area contributed by atoms with Gasteiger partial charge in [-0.25, -0.2) is 9.97 Å². The van der Waals surface area contributed by atoms with Crippen LogP contribution in [0, 0.1) is 0 Å². The van der Waals surface area contributed by atoms with E-state index in [4.69, 9.17) is 14.2 Å². The van der Waals surface area contributed by atoms with Crippen LogP contribution in [0.4, 0.5) is 11.5 Å². The number of hydrogen-bond acceptors (Lipinski definition) is 8. The van der Waals surface area contributed by atoms with Crippen molar-refractivity contribution in [2.75, 3.05) is 38.7 Å². The molecule has 0 saturated heterocycles. The summed E-state index contributed by atoms with van der Waals surface area (Å²) in [4.78, 5) is 22.9. The number of benzene rings is 2. The molecular formula is C24H27BrN4O4. The molecule has 1 N–H and O–H groups in total. The molecule has 3 aromatic rings.